The summed E-state index contributed by atoms with van der Waals surface area (Å²) in [6.45, 7) is 3.45. The molecule has 146 valence electrons. The van der Waals surface area contributed by atoms with Gasteiger partial charge in [-0.05, 0) is 62.5 Å². The smallest absolute Gasteiger partial charge is 0.270 e. The van der Waals surface area contributed by atoms with Crippen LogP contribution >= 0.6 is 35.0 Å². The Labute approximate surface area is 178 Å². The van der Waals surface area contributed by atoms with E-state index in [1.165, 1.54) is 0 Å². The van der Waals surface area contributed by atoms with E-state index >= 15 is 0 Å². The largest absolute Gasteiger partial charge is 0.350 e. The molecule has 0 atom stereocenters. The minimum Gasteiger partial charge on any atom is -0.350 e. The predicted molar refractivity (Wildman–Crippen MR) is 117 cm³/mol. The Morgan fingerprint density at radius 1 is 1.00 bits per heavy atom. The first kappa shape index (κ1) is 19.6. The summed E-state index contributed by atoms with van der Waals surface area (Å²) in [6.07, 6.45) is 0.992. The van der Waals surface area contributed by atoms with Gasteiger partial charge in [-0.3, -0.25) is 4.79 Å². The molecule has 4 rings (SSSR count). The van der Waals surface area contributed by atoms with Crippen LogP contribution in [0, 0.1) is 0 Å². The molecule has 1 fully saturated rings. The molecule has 0 saturated carbocycles. The number of nitrogens with zero attached hydrogens (tertiary/aromatic N) is 2. The molecule has 4 nitrogen and oxygen atoms in total. The molecule has 1 amide bonds. The third-order valence-corrected chi connectivity index (χ3v) is 6.48. The topological polar surface area (TPSA) is 39.3 Å². The number of H-pyrrole nitrogens is 1. The second-order valence-corrected chi connectivity index (χ2v) is 9.04. The number of hydrogen-bond acceptors (Lipinski definition) is 3. The minimum absolute atomic E-state index is 0.0464. The van der Waals surface area contributed by atoms with Crippen molar-refractivity contribution in [3.05, 3.63) is 58.2 Å². The number of amides is 1. The molecule has 28 heavy (non-hydrogen) atoms. The van der Waals surface area contributed by atoms with Crippen LogP contribution in [0.4, 0.5) is 0 Å². The van der Waals surface area contributed by atoms with E-state index in [1.807, 2.05) is 47.4 Å². The zero-order valence-corrected chi connectivity index (χ0v) is 17.9. The SMILES string of the molecule is CN1CCCN(C(=O)c2cc3c(Sc4ccc(Cl)cc4)cc(Cl)cc3[nH]2)CC1. The highest BCUT2D eigenvalue weighted by Gasteiger charge is 2.21. The van der Waals surface area contributed by atoms with Crippen LogP contribution in [0.3, 0.4) is 0 Å². The van der Waals surface area contributed by atoms with E-state index in [4.69, 9.17) is 23.2 Å². The van der Waals surface area contributed by atoms with Gasteiger partial charge in [-0.2, -0.15) is 0 Å². The van der Waals surface area contributed by atoms with E-state index in [0.29, 0.717) is 15.7 Å². The fraction of sp³-hybridized carbons (Fsp3) is 0.286. The van der Waals surface area contributed by atoms with E-state index in [9.17, 15) is 4.79 Å². The average Bonchev–Trinajstić information content (AvgIpc) is 2.97. The Kier molecular flexibility index (Phi) is 5.88. The van der Waals surface area contributed by atoms with E-state index in [2.05, 4.69) is 16.9 Å². The van der Waals surface area contributed by atoms with Crippen LogP contribution < -0.4 is 0 Å². The molecular weight excluding hydrogens is 413 g/mol. The number of likely N-dealkylation sites (N-methyl/N-ethyl adjacent to an activating group) is 1. The van der Waals surface area contributed by atoms with Crippen LogP contribution in [0.5, 0.6) is 0 Å². The van der Waals surface area contributed by atoms with Crippen molar-refractivity contribution in [2.75, 3.05) is 33.2 Å². The second-order valence-electron chi connectivity index (χ2n) is 7.05. The third kappa shape index (κ3) is 4.33. The highest BCUT2D eigenvalue weighted by atomic mass is 35.5. The van der Waals surface area contributed by atoms with Gasteiger partial charge in [0.1, 0.15) is 5.69 Å². The Hall–Kier alpha value is -1.66. The summed E-state index contributed by atoms with van der Waals surface area (Å²) in [5.74, 6) is 0.0464. The lowest BCUT2D eigenvalue weighted by Gasteiger charge is -2.19. The maximum atomic E-state index is 13.0. The van der Waals surface area contributed by atoms with Gasteiger partial charge in [0.2, 0.25) is 0 Å². The number of rotatable bonds is 3. The molecule has 0 bridgehead atoms. The van der Waals surface area contributed by atoms with Crippen LogP contribution in [0.2, 0.25) is 10.0 Å². The number of carbonyl (C=O) groups excluding carboxylic acids is 1. The predicted octanol–water partition coefficient (Wildman–Crippen LogP) is 5.40. The van der Waals surface area contributed by atoms with Gasteiger partial charge >= 0.3 is 0 Å². The van der Waals surface area contributed by atoms with Crippen LogP contribution in [0.1, 0.15) is 16.9 Å². The monoisotopic (exact) mass is 433 g/mol. The number of hydrogen-bond donors (Lipinski definition) is 1. The van der Waals surface area contributed by atoms with Crippen LogP contribution in [-0.4, -0.2) is 53.9 Å². The maximum absolute atomic E-state index is 13.0. The number of halogens is 2. The summed E-state index contributed by atoms with van der Waals surface area (Å²) in [4.78, 5) is 22.6. The first-order valence-electron chi connectivity index (χ1n) is 9.23. The lowest BCUT2D eigenvalue weighted by atomic mass is 10.2. The Balaban J connectivity index is 1.64. The van der Waals surface area contributed by atoms with Gasteiger partial charge in [0, 0.05) is 50.4 Å². The molecule has 1 aliphatic rings. The molecule has 1 saturated heterocycles. The molecule has 0 aliphatic carbocycles. The summed E-state index contributed by atoms with van der Waals surface area (Å²) < 4.78 is 0. The molecular formula is C21H21Cl2N3OS. The second kappa shape index (κ2) is 8.37. The molecule has 7 heteroatoms. The van der Waals surface area contributed by atoms with Gasteiger partial charge in [-0.15, -0.1) is 0 Å². The number of fused-ring (bicyclic) bond motifs is 1. The van der Waals surface area contributed by atoms with Crippen molar-refractivity contribution >= 4 is 51.8 Å². The lowest BCUT2D eigenvalue weighted by molar-refractivity contribution is 0.0758. The summed E-state index contributed by atoms with van der Waals surface area (Å²) in [7, 11) is 2.10. The Morgan fingerprint density at radius 3 is 2.57 bits per heavy atom. The number of carbonyl (C=O) groups is 1. The Morgan fingerprint density at radius 2 is 1.79 bits per heavy atom. The van der Waals surface area contributed by atoms with Crippen molar-refractivity contribution in [1.82, 2.24) is 14.8 Å². The molecule has 1 aromatic heterocycles. The van der Waals surface area contributed by atoms with Crippen molar-refractivity contribution in [3.63, 3.8) is 0 Å². The summed E-state index contributed by atoms with van der Waals surface area (Å²) in [5.41, 5.74) is 1.49. The fourth-order valence-corrected chi connectivity index (χ4v) is 4.82. The molecule has 1 N–H and O–H groups in total. The van der Waals surface area contributed by atoms with Crippen molar-refractivity contribution in [1.29, 1.82) is 0 Å². The molecule has 3 aromatic rings. The van der Waals surface area contributed by atoms with Gasteiger partial charge in [0.05, 0.1) is 0 Å². The lowest BCUT2D eigenvalue weighted by Crippen LogP contribution is -2.34. The first-order valence-corrected chi connectivity index (χ1v) is 10.8. The normalized spacial score (nSPS) is 15.8. The van der Waals surface area contributed by atoms with Crippen molar-refractivity contribution in [2.45, 2.75) is 16.2 Å². The highest BCUT2D eigenvalue weighted by molar-refractivity contribution is 7.99. The molecule has 0 spiro atoms. The van der Waals surface area contributed by atoms with Crippen molar-refractivity contribution in [3.8, 4) is 0 Å². The van der Waals surface area contributed by atoms with E-state index in [0.717, 1.165) is 53.3 Å². The molecule has 0 unspecified atom stereocenters. The zero-order valence-electron chi connectivity index (χ0n) is 15.5. The molecule has 0 radical (unpaired) electrons. The van der Waals surface area contributed by atoms with Crippen LogP contribution in [0.25, 0.3) is 10.9 Å². The van der Waals surface area contributed by atoms with Crippen molar-refractivity contribution in [2.24, 2.45) is 0 Å². The van der Waals surface area contributed by atoms with E-state index < -0.39 is 0 Å². The van der Waals surface area contributed by atoms with Crippen molar-refractivity contribution < 1.29 is 4.79 Å². The van der Waals surface area contributed by atoms with Crippen LogP contribution in [-0.2, 0) is 0 Å². The Bertz CT molecular complexity index is 1000. The maximum Gasteiger partial charge on any atom is 0.270 e. The number of aromatic amines is 1. The number of aromatic nitrogens is 1. The van der Waals surface area contributed by atoms with Gasteiger partial charge in [0.15, 0.2) is 0 Å². The number of nitrogens with one attached hydrogen (secondary N) is 1. The molecule has 1 aliphatic heterocycles. The number of benzene rings is 2. The highest BCUT2D eigenvalue weighted by Crippen LogP contribution is 2.36. The summed E-state index contributed by atoms with van der Waals surface area (Å²) in [6, 6.07) is 13.4. The van der Waals surface area contributed by atoms with Gasteiger partial charge in [-0.25, -0.2) is 0 Å². The first-order chi connectivity index (χ1) is 13.5. The van der Waals surface area contributed by atoms with Gasteiger partial charge in [0.25, 0.3) is 5.91 Å². The average molecular weight is 434 g/mol. The quantitative estimate of drug-likeness (QED) is 0.600. The fourth-order valence-electron chi connectivity index (χ4n) is 3.42. The standard InChI is InChI=1S/C21H21Cl2N3OS/c1-25-7-2-8-26(10-9-25)21(27)19-13-17-18(24-19)11-15(23)12-20(17)28-16-5-3-14(22)4-6-16/h3-6,11-13,24H,2,7-10H2,1H3. The summed E-state index contributed by atoms with van der Waals surface area (Å²) in [5, 5.41) is 2.35. The third-order valence-electron chi connectivity index (χ3n) is 4.94. The van der Waals surface area contributed by atoms with Gasteiger partial charge in [-0.1, -0.05) is 35.0 Å². The summed E-state index contributed by atoms with van der Waals surface area (Å²) >= 11 is 13.9. The molecule has 2 heterocycles. The molecule has 2 aromatic carbocycles. The van der Waals surface area contributed by atoms with Crippen LogP contribution in [0.15, 0.2) is 52.3 Å². The minimum atomic E-state index is 0.0464. The zero-order chi connectivity index (χ0) is 19.7. The van der Waals surface area contributed by atoms with E-state index in [-0.39, 0.29) is 5.91 Å². The van der Waals surface area contributed by atoms with E-state index in [1.54, 1.807) is 11.8 Å². The van der Waals surface area contributed by atoms with Gasteiger partial charge < -0.3 is 14.8 Å².